The average molecular weight is 276 g/mol. The Bertz CT molecular complexity index is 485. The lowest BCUT2D eigenvalue weighted by Crippen LogP contribution is -2.50. The summed E-state index contributed by atoms with van der Waals surface area (Å²) in [6, 6.07) is 6.28. The van der Waals surface area contributed by atoms with Crippen molar-refractivity contribution in [3.05, 3.63) is 29.3 Å². The second-order valence-corrected chi connectivity index (χ2v) is 5.87. The van der Waals surface area contributed by atoms with Crippen LogP contribution in [0.15, 0.2) is 18.2 Å². The summed E-state index contributed by atoms with van der Waals surface area (Å²) in [5.74, 6) is 0.829. The van der Waals surface area contributed by atoms with Crippen molar-refractivity contribution in [1.29, 1.82) is 0 Å². The van der Waals surface area contributed by atoms with Gasteiger partial charge < -0.3 is 15.8 Å². The van der Waals surface area contributed by atoms with Gasteiger partial charge in [-0.2, -0.15) is 0 Å². The second kappa shape index (κ2) is 6.27. The van der Waals surface area contributed by atoms with Crippen LogP contribution < -0.4 is 15.8 Å². The Morgan fingerprint density at radius 2 is 2.15 bits per heavy atom. The molecule has 0 aliphatic heterocycles. The molecule has 4 nitrogen and oxygen atoms in total. The van der Waals surface area contributed by atoms with Gasteiger partial charge in [-0.1, -0.05) is 19.9 Å². The minimum atomic E-state index is -0.267. The Morgan fingerprint density at radius 3 is 2.75 bits per heavy atom. The number of carbonyl (C=O) groups excluding carboxylic acids is 1. The van der Waals surface area contributed by atoms with Crippen LogP contribution in [0.5, 0.6) is 5.75 Å². The number of benzene rings is 1. The SMILES string of the molecule is COc1ccc2c(c1)CC(NC(C(N)=O)C(C)C)CC2. The summed E-state index contributed by atoms with van der Waals surface area (Å²) in [4.78, 5) is 11.5. The smallest absolute Gasteiger partial charge is 0.234 e. The maximum Gasteiger partial charge on any atom is 0.234 e. The Kier molecular flexibility index (Phi) is 4.65. The van der Waals surface area contributed by atoms with Gasteiger partial charge in [0.1, 0.15) is 5.75 Å². The molecule has 1 aromatic carbocycles. The molecule has 4 heteroatoms. The van der Waals surface area contributed by atoms with E-state index >= 15 is 0 Å². The number of fused-ring (bicyclic) bond motifs is 1. The maximum atomic E-state index is 11.5. The molecule has 0 saturated carbocycles. The highest BCUT2D eigenvalue weighted by Gasteiger charge is 2.26. The predicted molar refractivity (Wildman–Crippen MR) is 79.8 cm³/mol. The third kappa shape index (κ3) is 3.31. The quantitative estimate of drug-likeness (QED) is 0.859. The molecule has 3 N–H and O–H groups in total. The number of rotatable bonds is 5. The van der Waals surface area contributed by atoms with Crippen molar-refractivity contribution < 1.29 is 9.53 Å². The molecule has 2 atom stereocenters. The van der Waals surface area contributed by atoms with Crippen molar-refractivity contribution in [1.82, 2.24) is 5.32 Å². The van der Waals surface area contributed by atoms with E-state index < -0.39 is 0 Å². The standard InChI is InChI=1S/C16H24N2O2/c1-10(2)15(16(17)19)18-13-6-4-11-5-7-14(20-3)9-12(11)8-13/h5,7,9-10,13,15,18H,4,6,8H2,1-3H3,(H2,17,19). The van der Waals surface area contributed by atoms with E-state index in [1.165, 1.54) is 11.1 Å². The number of hydrogen-bond acceptors (Lipinski definition) is 3. The number of ether oxygens (including phenoxy) is 1. The zero-order valence-electron chi connectivity index (χ0n) is 12.5. The summed E-state index contributed by atoms with van der Waals surface area (Å²) < 4.78 is 5.28. The van der Waals surface area contributed by atoms with Gasteiger partial charge in [0, 0.05) is 6.04 Å². The second-order valence-electron chi connectivity index (χ2n) is 5.87. The lowest BCUT2D eigenvalue weighted by Gasteiger charge is -2.30. The van der Waals surface area contributed by atoms with E-state index in [2.05, 4.69) is 17.4 Å². The Balaban J connectivity index is 2.08. The van der Waals surface area contributed by atoms with Gasteiger partial charge in [-0.05, 0) is 48.4 Å². The molecule has 0 spiro atoms. The van der Waals surface area contributed by atoms with Crippen LogP contribution >= 0.6 is 0 Å². The summed E-state index contributed by atoms with van der Waals surface area (Å²) in [7, 11) is 1.68. The summed E-state index contributed by atoms with van der Waals surface area (Å²) in [6.45, 7) is 4.03. The van der Waals surface area contributed by atoms with Crippen LogP contribution in [0.3, 0.4) is 0 Å². The number of amides is 1. The number of carbonyl (C=O) groups is 1. The molecular formula is C16H24N2O2. The Morgan fingerprint density at radius 1 is 1.40 bits per heavy atom. The molecule has 110 valence electrons. The lowest BCUT2D eigenvalue weighted by atomic mass is 9.87. The van der Waals surface area contributed by atoms with Crippen molar-refractivity contribution in [2.45, 2.75) is 45.2 Å². The van der Waals surface area contributed by atoms with E-state index in [1.807, 2.05) is 19.9 Å². The predicted octanol–water partition coefficient (Wildman–Crippen LogP) is 1.65. The van der Waals surface area contributed by atoms with E-state index in [9.17, 15) is 4.79 Å². The van der Waals surface area contributed by atoms with Crippen molar-refractivity contribution in [3.63, 3.8) is 0 Å². The summed E-state index contributed by atoms with van der Waals surface area (Å²) in [5, 5.41) is 3.42. The van der Waals surface area contributed by atoms with E-state index in [0.717, 1.165) is 25.0 Å². The normalized spacial score (nSPS) is 19.5. The van der Waals surface area contributed by atoms with Crippen LogP contribution in [-0.4, -0.2) is 25.1 Å². The zero-order chi connectivity index (χ0) is 14.7. The van der Waals surface area contributed by atoms with E-state index in [4.69, 9.17) is 10.5 Å². The fourth-order valence-electron chi connectivity index (χ4n) is 2.86. The van der Waals surface area contributed by atoms with Crippen LogP contribution in [0, 0.1) is 5.92 Å². The third-order valence-electron chi connectivity index (χ3n) is 4.03. The minimum Gasteiger partial charge on any atom is -0.497 e. The number of nitrogens with one attached hydrogen (secondary N) is 1. The molecule has 1 amide bonds. The van der Waals surface area contributed by atoms with Crippen molar-refractivity contribution in [2.24, 2.45) is 11.7 Å². The molecule has 0 saturated heterocycles. The largest absolute Gasteiger partial charge is 0.497 e. The molecule has 20 heavy (non-hydrogen) atoms. The molecule has 1 aliphatic rings. The van der Waals surface area contributed by atoms with E-state index in [1.54, 1.807) is 7.11 Å². The van der Waals surface area contributed by atoms with Crippen LogP contribution in [0.4, 0.5) is 0 Å². The van der Waals surface area contributed by atoms with Crippen LogP contribution in [0.1, 0.15) is 31.4 Å². The van der Waals surface area contributed by atoms with Crippen LogP contribution in [-0.2, 0) is 17.6 Å². The van der Waals surface area contributed by atoms with Crippen LogP contribution in [0.2, 0.25) is 0 Å². The molecule has 1 aromatic rings. The van der Waals surface area contributed by atoms with Gasteiger partial charge in [-0.25, -0.2) is 0 Å². The van der Waals surface area contributed by atoms with E-state index in [-0.39, 0.29) is 17.9 Å². The van der Waals surface area contributed by atoms with Crippen molar-refractivity contribution in [2.75, 3.05) is 7.11 Å². The van der Waals surface area contributed by atoms with Crippen molar-refractivity contribution in [3.8, 4) is 5.75 Å². The highest BCUT2D eigenvalue weighted by molar-refractivity contribution is 5.80. The first-order valence-corrected chi connectivity index (χ1v) is 7.22. The first-order valence-electron chi connectivity index (χ1n) is 7.22. The van der Waals surface area contributed by atoms with Gasteiger partial charge in [0.25, 0.3) is 0 Å². The first-order chi connectivity index (χ1) is 9.51. The third-order valence-corrected chi connectivity index (χ3v) is 4.03. The summed E-state index contributed by atoms with van der Waals surface area (Å²) in [5.41, 5.74) is 8.16. The fraction of sp³-hybridized carbons (Fsp3) is 0.562. The molecule has 2 rings (SSSR count). The van der Waals surface area contributed by atoms with Gasteiger partial charge in [0.15, 0.2) is 0 Å². The number of methoxy groups -OCH3 is 1. The van der Waals surface area contributed by atoms with E-state index in [0.29, 0.717) is 6.04 Å². The molecule has 2 unspecified atom stereocenters. The number of aryl methyl sites for hydroxylation is 1. The molecule has 1 aliphatic carbocycles. The number of primary amides is 1. The summed E-state index contributed by atoms with van der Waals surface area (Å²) in [6.07, 6.45) is 2.99. The highest BCUT2D eigenvalue weighted by atomic mass is 16.5. The van der Waals surface area contributed by atoms with Crippen LogP contribution in [0.25, 0.3) is 0 Å². The topological polar surface area (TPSA) is 64.3 Å². The monoisotopic (exact) mass is 276 g/mol. The maximum absolute atomic E-state index is 11.5. The molecule has 0 radical (unpaired) electrons. The molecular weight excluding hydrogens is 252 g/mol. The highest BCUT2D eigenvalue weighted by Crippen LogP contribution is 2.26. The zero-order valence-corrected chi connectivity index (χ0v) is 12.5. The van der Waals surface area contributed by atoms with Crippen molar-refractivity contribution >= 4 is 5.91 Å². The molecule has 0 aromatic heterocycles. The van der Waals surface area contributed by atoms with Gasteiger partial charge in [-0.3, -0.25) is 4.79 Å². The molecule has 0 bridgehead atoms. The molecule has 0 fully saturated rings. The fourth-order valence-corrected chi connectivity index (χ4v) is 2.86. The first kappa shape index (κ1) is 14.9. The lowest BCUT2D eigenvalue weighted by molar-refractivity contribution is -0.121. The minimum absolute atomic E-state index is 0.208. The Labute approximate surface area is 120 Å². The Hall–Kier alpha value is -1.55. The van der Waals surface area contributed by atoms with Gasteiger partial charge in [0.05, 0.1) is 13.2 Å². The van der Waals surface area contributed by atoms with Gasteiger partial charge >= 0.3 is 0 Å². The average Bonchev–Trinajstić information content (AvgIpc) is 2.43. The number of nitrogens with two attached hydrogens (primary N) is 1. The van der Waals surface area contributed by atoms with Gasteiger partial charge in [0.2, 0.25) is 5.91 Å². The molecule has 0 heterocycles. The summed E-state index contributed by atoms with van der Waals surface area (Å²) >= 11 is 0. The number of hydrogen-bond donors (Lipinski definition) is 2. The van der Waals surface area contributed by atoms with Gasteiger partial charge in [-0.15, -0.1) is 0 Å².